The number of hydrogen-bond acceptors (Lipinski definition) is 5. The number of ether oxygens (including phenoxy) is 1. The number of thiophene rings is 1. The molecule has 2 N–H and O–H groups in total. The van der Waals surface area contributed by atoms with Crippen molar-refractivity contribution in [2.75, 3.05) is 38.6 Å². The first-order valence-corrected chi connectivity index (χ1v) is 13.6. The van der Waals surface area contributed by atoms with Gasteiger partial charge < -0.3 is 19.9 Å². The van der Waals surface area contributed by atoms with E-state index < -0.39 is 5.97 Å². The van der Waals surface area contributed by atoms with E-state index in [-0.39, 0.29) is 36.4 Å². The fraction of sp³-hybridized carbons (Fsp3) is 0.536. The van der Waals surface area contributed by atoms with Crippen LogP contribution in [0.5, 0.6) is 0 Å². The summed E-state index contributed by atoms with van der Waals surface area (Å²) in [5.41, 5.74) is 1.37. The Kier molecular flexibility index (Phi) is 9.30. The van der Waals surface area contributed by atoms with Gasteiger partial charge in [0.25, 0.3) is 11.8 Å². The summed E-state index contributed by atoms with van der Waals surface area (Å²) in [6, 6.07) is 11.6. The number of nitrogens with one attached hydrogen (secondary N) is 2. The number of anilines is 1. The Bertz CT molecular complexity index is 1050. The molecule has 1 aliphatic rings. The van der Waals surface area contributed by atoms with Gasteiger partial charge in [-0.05, 0) is 49.7 Å². The number of hydrogen-bond donors (Lipinski definition) is 2. The minimum atomic E-state index is -0.459. The second kappa shape index (κ2) is 12.0. The molecule has 8 heteroatoms. The van der Waals surface area contributed by atoms with Gasteiger partial charge in [-0.15, -0.1) is 11.3 Å². The first-order chi connectivity index (χ1) is 17.0. The van der Waals surface area contributed by atoms with Gasteiger partial charge in [0.15, 0.2) is 13.1 Å². The molecule has 36 heavy (non-hydrogen) atoms. The lowest BCUT2D eigenvalue weighted by atomic mass is 9.94. The van der Waals surface area contributed by atoms with Crippen LogP contribution in [0.15, 0.2) is 36.4 Å². The molecule has 0 radical (unpaired) electrons. The molecule has 0 bridgehead atoms. The lowest BCUT2D eigenvalue weighted by Gasteiger charge is -2.36. The molecule has 2 amide bonds. The first-order valence-electron chi connectivity index (χ1n) is 12.7. The molecule has 7 nitrogen and oxygen atoms in total. The summed E-state index contributed by atoms with van der Waals surface area (Å²) in [5.74, 6) is -0.704. The Morgan fingerprint density at radius 3 is 2.19 bits per heavy atom. The Hall–Kier alpha value is -2.71. The maximum absolute atomic E-state index is 13.3. The highest BCUT2D eigenvalue weighted by Gasteiger charge is 2.35. The van der Waals surface area contributed by atoms with E-state index in [9.17, 15) is 14.4 Å². The normalized spacial score (nSPS) is 16.5. The minimum Gasteiger partial charge on any atom is -0.465 e. The Labute approximate surface area is 218 Å². The van der Waals surface area contributed by atoms with Gasteiger partial charge in [-0.2, -0.15) is 0 Å². The molecule has 196 valence electrons. The second-order valence-corrected chi connectivity index (χ2v) is 11.9. The summed E-state index contributed by atoms with van der Waals surface area (Å²) < 4.78 is 5.38. The number of esters is 1. The molecule has 1 fully saturated rings. The van der Waals surface area contributed by atoms with Crippen LogP contribution in [0.1, 0.15) is 79.5 Å². The Balaban J connectivity index is 1.76. The summed E-state index contributed by atoms with van der Waals surface area (Å²) in [6.45, 7) is 10.2. The molecule has 1 saturated heterocycles. The van der Waals surface area contributed by atoms with E-state index in [0.29, 0.717) is 15.0 Å². The van der Waals surface area contributed by atoms with Gasteiger partial charge in [0.2, 0.25) is 0 Å². The lowest BCUT2D eigenvalue weighted by molar-refractivity contribution is -0.912. The van der Waals surface area contributed by atoms with Gasteiger partial charge in [0, 0.05) is 4.88 Å². The minimum absolute atomic E-state index is 0.0538. The monoisotopic (exact) mass is 514 g/mol. The molecular formula is C28H40N3O4S+. The van der Waals surface area contributed by atoms with Crippen LogP contribution in [0, 0.1) is 0 Å². The van der Waals surface area contributed by atoms with Gasteiger partial charge in [-0.3, -0.25) is 9.59 Å². The number of benzene rings is 1. The van der Waals surface area contributed by atoms with Gasteiger partial charge in [0.1, 0.15) is 4.88 Å². The molecular weight excluding hydrogens is 474 g/mol. The molecule has 0 spiro atoms. The SMILES string of the molecule is COC(=O)c1sc(C(C)(C)C)cc1NC(=O)C[N+]1(CC(=O)N[C@H](C)c2ccccc2)CCCCCC1. The summed E-state index contributed by atoms with van der Waals surface area (Å²) in [7, 11) is 1.34. The highest BCUT2D eigenvalue weighted by Crippen LogP contribution is 2.36. The van der Waals surface area contributed by atoms with Crippen molar-refractivity contribution < 1.29 is 23.6 Å². The summed E-state index contributed by atoms with van der Waals surface area (Å²) in [5, 5.41) is 6.09. The zero-order valence-corrected chi connectivity index (χ0v) is 23.0. The van der Waals surface area contributed by atoms with Crippen LogP contribution >= 0.6 is 11.3 Å². The van der Waals surface area contributed by atoms with Gasteiger partial charge in [0.05, 0.1) is 31.9 Å². The number of amides is 2. The van der Waals surface area contributed by atoms with E-state index in [2.05, 4.69) is 31.4 Å². The number of likely N-dealkylation sites (tertiary alicyclic amines) is 1. The van der Waals surface area contributed by atoms with Crippen LogP contribution in [0.3, 0.4) is 0 Å². The predicted octanol–water partition coefficient (Wildman–Crippen LogP) is 5.04. The Morgan fingerprint density at radius 1 is 1.00 bits per heavy atom. The number of carbonyl (C=O) groups is 3. The molecule has 0 aliphatic carbocycles. The standard InChI is InChI=1S/C28H39N3O4S/c1-20(21-13-9-8-10-14-21)29-24(32)18-31(15-11-6-7-12-16-31)19-25(33)30-22-17-23(28(2,3)4)36-26(22)27(34)35-5/h8-10,13-14,17,20H,6-7,11-12,15-16,18-19H2,1-5H3,(H-,29,30,32,33,34)/p+1/t20-/m1/s1. The smallest absolute Gasteiger partial charge is 0.350 e. The maximum Gasteiger partial charge on any atom is 0.350 e. The van der Waals surface area contributed by atoms with Crippen LogP contribution < -0.4 is 10.6 Å². The zero-order valence-electron chi connectivity index (χ0n) is 22.2. The zero-order chi connectivity index (χ0) is 26.3. The number of carbonyl (C=O) groups excluding carboxylic acids is 3. The summed E-state index contributed by atoms with van der Waals surface area (Å²) in [6.07, 6.45) is 4.18. The molecule has 1 aromatic carbocycles. The van der Waals surface area contributed by atoms with Crippen molar-refractivity contribution in [1.82, 2.24) is 5.32 Å². The molecule has 1 aromatic heterocycles. The average Bonchev–Trinajstić information content (AvgIpc) is 3.12. The Morgan fingerprint density at radius 2 is 1.61 bits per heavy atom. The van der Waals surface area contributed by atoms with Crippen molar-refractivity contribution >= 4 is 34.8 Å². The quantitative estimate of drug-likeness (QED) is 0.382. The highest BCUT2D eigenvalue weighted by atomic mass is 32.1. The fourth-order valence-electron chi connectivity index (χ4n) is 4.74. The summed E-state index contributed by atoms with van der Waals surface area (Å²) >= 11 is 1.35. The molecule has 1 aliphatic heterocycles. The highest BCUT2D eigenvalue weighted by molar-refractivity contribution is 7.14. The third-order valence-corrected chi connectivity index (χ3v) is 8.31. The van der Waals surface area contributed by atoms with Crippen molar-refractivity contribution in [3.63, 3.8) is 0 Å². The van der Waals surface area contributed by atoms with Crippen molar-refractivity contribution in [3.05, 3.63) is 51.7 Å². The molecule has 0 unspecified atom stereocenters. The van der Waals surface area contributed by atoms with E-state index in [0.717, 1.165) is 49.2 Å². The van der Waals surface area contributed by atoms with Crippen LogP contribution in [0.4, 0.5) is 5.69 Å². The van der Waals surface area contributed by atoms with E-state index >= 15 is 0 Å². The van der Waals surface area contributed by atoms with E-state index in [1.165, 1.54) is 18.4 Å². The number of rotatable bonds is 8. The van der Waals surface area contributed by atoms with Crippen molar-refractivity contribution in [2.45, 2.75) is 64.8 Å². The van der Waals surface area contributed by atoms with Crippen LogP contribution in [0.25, 0.3) is 0 Å². The van der Waals surface area contributed by atoms with Crippen molar-refractivity contribution in [1.29, 1.82) is 0 Å². The third-order valence-electron chi connectivity index (χ3n) is 6.77. The molecule has 2 aromatic rings. The largest absolute Gasteiger partial charge is 0.465 e. The molecule has 2 heterocycles. The fourth-order valence-corrected chi connectivity index (χ4v) is 5.83. The van der Waals surface area contributed by atoms with Crippen molar-refractivity contribution in [2.24, 2.45) is 0 Å². The van der Waals surface area contributed by atoms with Gasteiger partial charge in [-0.25, -0.2) is 4.79 Å². The average molecular weight is 515 g/mol. The number of nitrogens with zero attached hydrogens (tertiary/aromatic N) is 1. The molecule has 3 rings (SSSR count). The van der Waals surface area contributed by atoms with Crippen LogP contribution in [-0.2, 0) is 19.7 Å². The van der Waals surface area contributed by atoms with Crippen molar-refractivity contribution in [3.8, 4) is 0 Å². The second-order valence-electron chi connectivity index (χ2n) is 10.9. The number of methoxy groups -OCH3 is 1. The topological polar surface area (TPSA) is 84.5 Å². The van der Waals surface area contributed by atoms with E-state index in [1.807, 2.05) is 43.3 Å². The summed E-state index contributed by atoms with van der Waals surface area (Å²) in [4.78, 5) is 40.3. The van der Waals surface area contributed by atoms with E-state index in [4.69, 9.17) is 4.74 Å². The van der Waals surface area contributed by atoms with Crippen LogP contribution in [0.2, 0.25) is 0 Å². The van der Waals surface area contributed by atoms with E-state index in [1.54, 1.807) is 0 Å². The van der Waals surface area contributed by atoms with Gasteiger partial charge in [-0.1, -0.05) is 51.1 Å². The van der Waals surface area contributed by atoms with Crippen LogP contribution in [-0.4, -0.2) is 55.6 Å². The molecule has 1 atom stereocenters. The molecule has 0 saturated carbocycles. The predicted molar refractivity (Wildman–Crippen MR) is 144 cm³/mol. The van der Waals surface area contributed by atoms with Gasteiger partial charge >= 0.3 is 5.97 Å². The first kappa shape index (κ1) is 27.9. The third kappa shape index (κ3) is 7.40. The maximum atomic E-state index is 13.3. The lowest BCUT2D eigenvalue weighted by Crippen LogP contribution is -2.57. The number of quaternary nitrogens is 1.